The molecular formula is C14H23NO3. The van der Waals surface area contributed by atoms with E-state index in [1.807, 2.05) is 6.92 Å². The molecule has 0 aromatic heterocycles. The molecule has 0 aromatic carbocycles. The quantitative estimate of drug-likeness (QED) is 0.713. The lowest BCUT2D eigenvalue weighted by Gasteiger charge is -2.23. The van der Waals surface area contributed by atoms with Gasteiger partial charge in [0.05, 0.1) is 18.1 Å². The van der Waals surface area contributed by atoms with Crippen LogP contribution >= 0.6 is 0 Å². The summed E-state index contributed by atoms with van der Waals surface area (Å²) >= 11 is 0. The van der Waals surface area contributed by atoms with Gasteiger partial charge in [0.25, 0.3) is 0 Å². The Morgan fingerprint density at radius 2 is 2.17 bits per heavy atom. The molecule has 4 nitrogen and oxygen atoms in total. The van der Waals surface area contributed by atoms with Gasteiger partial charge in [0.1, 0.15) is 6.10 Å². The summed E-state index contributed by atoms with van der Waals surface area (Å²) in [6, 6.07) is 0. The van der Waals surface area contributed by atoms with Crippen molar-refractivity contribution < 1.29 is 14.3 Å². The zero-order chi connectivity index (χ0) is 12.5. The van der Waals surface area contributed by atoms with E-state index in [-0.39, 0.29) is 24.1 Å². The fourth-order valence-corrected chi connectivity index (χ4v) is 3.54. The summed E-state index contributed by atoms with van der Waals surface area (Å²) < 4.78 is 11.3. The summed E-state index contributed by atoms with van der Waals surface area (Å²) in [6.45, 7) is 5.19. The van der Waals surface area contributed by atoms with E-state index in [0.29, 0.717) is 6.10 Å². The first-order chi connectivity index (χ1) is 8.72. The van der Waals surface area contributed by atoms with Crippen LogP contribution in [0, 0.1) is 5.92 Å². The van der Waals surface area contributed by atoms with E-state index in [9.17, 15) is 4.79 Å². The molecule has 4 atom stereocenters. The van der Waals surface area contributed by atoms with E-state index < -0.39 is 0 Å². The van der Waals surface area contributed by atoms with Crippen LogP contribution in [0.3, 0.4) is 0 Å². The highest BCUT2D eigenvalue weighted by molar-refractivity contribution is 5.74. The van der Waals surface area contributed by atoms with Crippen LogP contribution in [-0.4, -0.2) is 48.8 Å². The van der Waals surface area contributed by atoms with Gasteiger partial charge in [-0.05, 0) is 52.1 Å². The fraction of sp³-hybridized carbons (Fsp3) is 0.929. The number of ether oxygens (including phenoxy) is 2. The lowest BCUT2D eigenvalue weighted by atomic mass is 9.89. The molecule has 3 aliphatic rings. The van der Waals surface area contributed by atoms with Crippen LogP contribution in [0.5, 0.6) is 0 Å². The number of esters is 1. The van der Waals surface area contributed by atoms with Gasteiger partial charge in [0.2, 0.25) is 0 Å². The molecule has 4 unspecified atom stereocenters. The third-order valence-electron chi connectivity index (χ3n) is 4.44. The number of fused-ring (bicyclic) bond motifs is 2. The predicted octanol–water partition coefficient (Wildman–Crippen LogP) is 1.58. The molecule has 3 rings (SSSR count). The minimum atomic E-state index is -0.0334. The Kier molecular flexibility index (Phi) is 3.57. The standard InChI is InChI=1S/C14H23NO3/c1-10(9-15-6-2-3-7-15)17-14(16)12-8-11-4-5-13(12)18-11/h10-13H,2-9H2,1H3. The van der Waals surface area contributed by atoms with Crippen molar-refractivity contribution in [2.24, 2.45) is 5.92 Å². The molecule has 0 aliphatic carbocycles. The second kappa shape index (κ2) is 5.17. The highest BCUT2D eigenvalue weighted by Crippen LogP contribution is 2.39. The summed E-state index contributed by atoms with van der Waals surface area (Å²) in [7, 11) is 0. The van der Waals surface area contributed by atoms with Crippen LogP contribution in [0.1, 0.15) is 39.0 Å². The molecule has 2 bridgehead atoms. The van der Waals surface area contributed by atoms with Gasteiger partial charge in [-0.25, -0.2) is 0 Å². The monoisotopic (exact) mass is 253 g/mol. The lowest BCUT2D eigenvalue weighted by Crippen LogP contribution is -2.35. The summed E-state index contributed by atoms with van der Waals surface area (Å²) in [5.41, 5.74) is 0. The molecule has 4 heteroatoms. The topological polar surface area (TPSA) is 38.8 Å². The number of rotatable bonds is 4. The van der Waals surface area contributed by atoms with Crippen LogP contribution in [0.4, 0.5) is 0 Å². The van der Waals surface area contributed by atoms with Gasteiger partial charge in [-0.1, -0.05) is 0 Å². The Balaban J connectivity index is 1.45. The van der Waals surface area contributed by atoms with Crippen molar-refractivity contribution in [1.29, 1.82) is 0 Å². The maximum Gasteiger partial charge on any atom is 0.311 e. The molecule has 0 spiro atoms. The molecular weight excluding hydrogens is 230 g/mol. The summed E-state index contributed by atoms with van der Waals surface area (Å²) in [6.07, 6.45) is 6.06. The van der Waals surface area contributed by atoms with Gasteiger partial charge in [0, 0.05) is 6.54 Å². The number of carbonyl (C=O) groups excluding carboxylic acids is 1. The zero-order valence-electron chi connectivity index (χ0n) is 11.1. The molecule has 102 valence electrons. The van der Waals surface area contributed by atoms with Crippen molar-refractivity contribution in [2.75, 3.05) is 19.6 Å². The lowest BCUT2D eigenvalue weighted by molar-refractivity contribution is -0.155. The normalized spacial score (nSPS) is 37.1. The van der Waals surface area contributed by atoms with Crippen molar-refractivity contribution in [3.8, 4) is 0 Å². The van der Waals surface area contributed by atoms with Gasteiger partial charge in [0.15, 0.2) is 0 Å². The minimum absolute atomic E-state index is 0.00442. The van der Waals surface area contributed by atoms with Crippen LogP contribution in [0.15, 0.2) is 0 Å². The Hall–Kier alpha value is -0.610. The van der Waals surface area contributed by atoms with Gasteiger partial charge in [-0.15, -0.1) is 0 Å². The summed E-state index contributed by atoms with van der Waals surface area (Å²) in [4.78, 5) is 14.5. The van der Waals surface area contributed by atoms with E-state index in [1.54, 1.807) is 0 Å². The van der Waals surface area contributed by atoms with E-state index in [1.165, 1.54) is 12.8 Å². The van der Waals surface area contributed by atoms with Crippen molar-refractivity contribution in [3.63, 3.8) is 0 Å². The first-order valence-electron chi connectivity index (χ1n) is 7.30. The maximum absolute atomic E-state index is 12.1. The van der Waals surface area contributed by atoms with Crippen molar-refractivity contribution in [3.05, 3.63) is 0 Å². The molecule has 0 radical (unpaired) electrons. The highest BCUT2D eigenvalue weighted by Gasteiger charge is 2.45. The Morgan fingerprint density at radius 1 is 1.39 bits per heavy atom. The molecule has 0 amide bonds. The second-order valence-corrected chi connectivity index (χ2v) is 5.97. The van der Waals surface area contributed by atoms with Gasteiger partial charge in [-0.2, -0.15) is 0 Å². The zero-order valence-corrected chi connectivity index (χ0v) is 11.1. The Labute approximate surface area is 109 Å². The molecule has 0 N–H and O–H groups in total. The molecule has 3 saturated heterocycles. The summed E-state index contributed by atoms with van der Waals surface area (Å²) in [5.74, 6) is -0.0290. The molecule has 3 aliphatic heterocycles. The average Bonchev–Trinajstić information content (AvgIpc) is 3.04. The maximum atomic E-state index is 12.1. The highest BCUT2D eigenvalue weighted by atomic mass is 16.6. The number of nitrogens with zero attached hydrogens (tertiary/aromatic N) is 1. The largest absolute Gasteiger partial charge is 0.461 e. The van der Waals surface area contributed by atoms with Crippen LogP contribution in [0.2, 0.25) is 0 Å². The Bertz CT molecular complexity index is 314. The first-order valence-corrected chi connectivity index (χ1v) is 7.30. The van der Waals surface area contributed by atoms with E-state index >= 15 is 0 Å². The molecule has 0 saturated carbocycles. The second-order valence-electron chi connectivity index (χ2n) is 5.97. The average molecular weight is 253 g/mol. The molecule has 18 heavy (non-hydrogen) atoms. The van der Waals surface area contributed by atoms with Crippen LogP contribution in [-0.2, 0) is 14.3 Å². The SMILES string of the molecule is CC(CN1CCCC1)OC(=O)C1CC2CCC1O2. The van der Waals surface area contributed by atoms with Crippen LogP contribution in [0.25, 0.3) is 0 Å². The number of carbonyl (C=O) groups is 1. The Morgan fingerprint density at radius 3 is 2.78 bits per heavy atom. The van der Waals surface area contributed by atoms with Crippen molar-refractivity contribution in [1.82, 2.24) is 4.90 Å². The van der Waals surface area contributed by atoms with Gasteiger partial charge < -0.3 is 9.47 Å². The van der Waals surface area contributed by atoms with Crippen molar-refractivity contribution >= 4 is 5.97 Å². The van der Waals surface area contributed by atoms with E-state index in [4.69, 9.17) is 9.47 Å². The number of hydrogen-bond acceptors (Lipinski definition) is 4. The molecule has 3 fully saturated rings. The van der Waals surface area contributed by atoms with E-state index in [0.717, 1.165) is 38.9 Å². The number of hydrogen-bond donors (Lipinski definition) is 0. The first kappa shape index (κ1) is 12.4. The third-order valence-corrected chi connectivity index (χ3v) is 4.44. The summed E-state index contributed by atoms with van der Waals surface area (Å²) in [5, 5.41) is 0. The van der Waals surface area contributed by atoms with Gasteiger partial charge in [-0.3, -0.25) is 9.69 Å². The predicted molar refractivity (Wildman–Crippen MR) is 67.2 cm³/mol. The molecule has 0 aromatic rings. The van der Waals surface area contributed by atoms with Crippen LogP contribution < -0.4 is 0 Å². The van der Waals surface area contributed by atoms with Crippen molar-refractivity contribution in [2.45, 2.75) is 57.3 Å². The van der Waals surface area contributed by atoms with E-state index in [2.05, 4.69) is 4.90 Å². The minimum Gasteiger partial charge on any atom is -0.461 e. The number of likely N-dealkylation sites (tertiary alicyclic amines) is 1. The fourth-order valence-electron chi connectivity index (χ4n) is 3.54. The third kappa shape index (κ3) is 2.54. The van der Waals surface area contributed by atoms with Gasteiger partial charge >= 0.3 is 5.97 Å². The molecule has 3 heterocycles. The smallest absolute Gasteiger partial charge is 0.311 e.